The van der Waals surface area contributed by atoms with Gasteiger partial charge in [0, 0.05) is 35.9 Å². The summed E-state index contributed by atoms with van der Waals surface area (Å²) in [5.41, 5.74) is 4.08. The smallest absolute Gasteiger partial charge is 0.126 e. The normalized spacial score (nSPS) is 12.6. The van der Waals surface area contributed by atoms with Crippen molar-refractivity contribution in [3.05, 3.63) is 83.4 Å². The van der Waals surface area contributed by atoms with Crippen LogP contribution < -0.4 is 9.47 Å². The molecule has 0 aliphatic heterocycles. The van der Waals surface area contributed by atoms with Gasteiger partial charge in [0.15, 0.2) is 0 Å². The zero-order valence-electron chi connectivity index (χ0n) is 26.4. The van der Waals surface area contributed by atoms with Crippen molar-refractivity contribution in [3.8, 4) is 11.5 Å². The Morgan fingerprint density at radius 2 is 1.22 bits per heavy atom. The topological polar surface area (TPSA) is 24.9 Å². The molecule has 1 atom stereocenters. The molecule has 220 valence electrons. The van der Waals surface area contributed by atoms with Crippen molar-refractivity contribution < 1.29 is 9.47 Å². The Bertz CT molecular complexity index is 1400. The zero-order chi connectivity index (χ0) is 29.4. The number of methoxy groups -OCH3 is 2. The number of rotatable bonds is 15. The van der Waals surface area contributed by atoms with E-state index in [0.29, 0.717) is 6.04 Å². The number of hydrogen-bond donors (Lipinski definition) is 0. The molecule has 1 unspecified atom stereocenters. The van der Waals surface area contributed by atoms with Crippen molar-refractivity contribution >= 4 is 21.5 Å². The summed E-state index contributed by atoms with van der Waals surface area (Å²) < 4.78 is 11.7. The first kappa shape index (κ1) is 30.9. The minimum absolute atomic E-state index is 0.257. The first-order valence-corrected chi connectivity index (χ1v) is 15.5. The molecule has 4 aromatic rings. The zero-order valence-corrected chi connectivity index (χ0v) is 26.4. The molecule has 0 heterocycles. The lowest BCUT2D eigenvalue weighted by atomic mass is 9.92. The van der Waals surface area contributed by atoms with E-state index in [-0.39, 0.29) is 6.04 Å². The third-order valence-electron chi connectivity index (χ3n) is 8.54. The van der Waals surface area contributed by atoms with E-state index in [0.717, 1.165) is 50.5 Å². The Morgan fingerprint density at radius 1 is 0.634 bits per heavy atom. The second-order valence-electron chi connectivity index (χ2n) is 11.5. The Hall–Kier alpha value is -3.08. The van der Waals surface area contributed by atoms with Gasteiger partial charge in [-0.05, 0) is 99.1 Å². The maximum absolute atomic E-state index is 5.94. The Morgan fingerprint density at radius 3 is 1.85 bits per heavy atom. The third-order valence-corrected chi connectivity index (χ3v) is 8.54. The molecule has 0 fully saturated rings. The van der Waals surface area contributed by atoms with Crippen LogP contribution in [0.5, 0.6) is 11.5 Å². The molecule has 0 aromatic heterocycles. The molecular formula is C37H50N2O2. The highest BCUT2D eigenvalue weighted by atomic mass is 16.5. The van der Waals surface area contributed by atoms with Crippen LogP contribution in [0.1, 0.15) is 70.2 Å². The van der Waals surface area contributed by atoms with Gasteiger partial charge in [-0.1, -0.05) is 68.4 Å². The summed E-state index contributed by atoms with van der Waals surface area (Å²) in [5.74, 6) is 1.93. The summed E-state index contributed by atoms with van der Waals surface area (Å²) >= 11 is 0. The van der Waals surface area contributed by atoms with Crippen LogP contribution in [-0.4, -0.2) is 56.2 Å². The molecule has 4 heteroatoms. The molecule has 0 spiro atoms. The fourth-order valence-corrected chi connectivity index (χ4v) is 6.54. The minimum Gasteiger partial charge on any atom is -0.496 e. The van der Waals surface area contributed by atoms with Crippen molar-refractivity contribution in [1.29, 1.82) is 0 Å². The molecule has 0 aliphatic rings. The lowest BCUT2D eigenvalue weighted by Crippen LogP contribution is -2.35. The van der Waals surface area contributed by atoms with Gasteiger partial charge in [-0.3, -0.25) is 4.90 Å². The monoisotopic (exact) mass is 554 g/mol. The highest BCUT2D eigenvalue weighted by Crippen LogP contribution is 2.37. The first-order valence-electron chi connectivity index (χ1n) is 15.5. The van der Waals surface area contributed by atoms with Gasteiger partial charge in [0.25, 0.3) is 0 Å². The van der Waals surface area contributed by atoms with Gasteiger partial charge in [0.1, 0.15) is 11.5 Å². The second-order valence-corrected chi connectivity index (χ2v) is 11.5. The summed E-state index contributed by atoms with van der Waals surface area (Å²) in [5, 5.41) is 5.05. The molecule has 4 aromatic carbocycles. The van der Waals surface area contributed by atoms with Gasteiger partial charge < -0.3 is 14.4 Å². The Balaban J connectivity index is 1.65. The Labute approximate surface area is 248 Å². The van der Waals surface area contributed by atoms with Gasteiger partial charge in [-0.15, -0.1) is 0 Å². The van der Waals surface area contributed by atoms with E-state index in [9.17, 15) is 0 Å². The van der Waals surface area contributed by atoms with Crippen LogP contribution in [0.15, 0.2) is 66.7 Å². The van der Waals surface area contributed by atoms with Crippen molar-refractivity contribution in [2.45, 2.75) is 72.4 Å². The predicted molar refractivity (Wildman–Crippen MR) is 176 cm³/mol. The van der Waals surface area contributed by atoms with E-state index >= 15 is 0 Å². The lowest BCUT2D eigenvalue weighted by molar-refractivity contribution is 0.168. The Kier molecular flexibility index (Phi) is 11.1. The molecule has 41 heavy (non-hydrogen) atoms. The number of nitrogens with zero attached hydrogens (tertiary/aromatic N) is 2. The number of benzene rings is 4. The van der Waals surface area contributed by atoms with Crippen LogP contribution in [0.3, 0.4) is 0 Å². The molecule has 0 radical (unpaired) electrons. The maximum atomic E-state index is 5.94. The molecule has 4 nitrogen and oxygen atoms in total. The van der Waals surface area contributed by atoms with E-state index in [4.69, 9.17) is 9.47 Å². The molecule has 0 bridgehead atoms. The average molecular weight is 555 g/mol. The fraction of sp³-hybridized carbons (Fsp3) is 0.459. The highest BCUT2D eigenvalue weighted by molar-refractivity contribution is 5.94. The third kappa shape index (κ3) is 7.05. The van der Waals surface area contributed by atoms with E-state index < -0.39 is 0 Å². The van der Waals surface area contributed by atoms with Gasteiger partial charge in [-0.25, -0.2) is 0 Å². The van der Waals surface area contributed by atoms with E-state index in [1.165, 1.54) is 51.1 Å². The molecular weight excluding hydrogens is 504 g/mol. The number of fused-ring (bicyclic) bond motifs is 2. The summed E-state index contributed by atoms with van der Waals surface area (Å²) in [6.07, 6.45) is 4.38. The summed E-state index contributed by atoms with van der Waals surface area (Å²) in [7, 11) is 3.57. The number of hydrogen-bond acceptors (Lipinski definition) is 4. The van der Waals surface area contributed by atoms with Crippen molar-refractivity contribution in [2.75, 3.05) is 40.4 Å². The van der Waals surface area contributed by atoms with Crippen molar-refractivity contribution in [2.24, 2.45) is 0 Å². The largest absolute Gasteiger partial charge is 0.496 e. The standard InChI is InChI=1S/C37H50N2O2/c1-8-23-38(24-9-2)25-21-31-19-20-32(33-16-12-18-35(41-7)37(31)33)28(5)39(27(3)4)26-22-30-14-10-13-29-15-11-17-34(40-6)36(29)30/h10-20,27-28H,8-9,21-26H2,1-7H3. The van der Waals surface area contributed by atoms with Crippen LogP contribution in [0.25, 0.3) is 21.5 Å². The van der Waals surface area contributed by atoms with E-state index in [2.05, 4.69) is 111 Å². The highest BCUT2D eigenvalue weighted by Gasteiger charge is 2.23. The van der Waals surface area contributed by atoms with Crippen molar-refractivity contribution in [1.82, 2.24) is 9.80 Å². The predicted octanol–water partition coefficient (Wildman–Crippen LogP) is 8.69. The van der Waals surface area contributed by atoms with Gasteiger partial charge in [0.05, 0.1) is 14.2 Å². The second kappa shape index (κ2) is 14.7. The fourth-order valence-electron chi connectivity index (χ4n) is 6.54. The molecule has 0 saturated heterocycles. The first-order chi connectivity index (χ1) is 19.9. The quantitative estimate of drug-likeness (QED) is 0.147. The van der Waals surface area contributed by atoms with Crippen LogP contribution in [0.4, 0.5) is 0 Å². The average Bonchev–Trinajstić information content (AvgIpc) is 2.99. The van der Waals surface area contributed by atoms with Gasteiger partial charge in [-0.2, -0.15) is 0 Å². The molecule has 0 N–H and O–H groups in total. The summed E-state index contributed by atoms with van der Waals surface area (Å²) in [6.45, 7) is 15.9. The van der Waals surface area contributed by atoms with Crippen LogP contribution >= 0.6 is 0 Å². The maximum Gasteiger partial charge on any atom is 0.126 e. The summed E-state index contributed by atoms with van der Waals surface area (Å²) in [6, 6.07) is 24.9. The molecule has 4 rings (SSSR count). The summed E-state index contributed by atoms with van der Waals surface area (Å²) in [4.78, 5) is 5.23. The van der Waals surface area contributed by atoms with E-state index in [1.54, 1.807) is 14.2 Å². The van der Waals surface area contributed by atoms with Gasteiger partial charge in [0.2, 0.25) is 0 Å². The van der Waals surface area contributed by atoms with Crippen LogP contribution in [0.2, 0.25) is 0 Å². The van der Waals surface area contributed by atoms with Crippen molar-refractivity contribution in [3.63, 3.8) is 0 Å². The molecule has 0 aliphatic carbocycles. The van der Waals surface area contributed by atoms with Crippen LogP contribution in [0, 0.1) is 0 Å². The molecule has 0 saturated carbocycles. The SMILES string of the molecule is CCCN(CCC)CCc1ccc(C(C)N(CCc2cccc3cccc(OC)c23)C(C)C)c2cccc(OC)c12. The van der Waals surface area contributed by atoms with Gasteiger partial charge >= 0.3 is 0 Å². The van der Waals surface area contributed by atoms with Crippen LogP contribution in [-0.2, 0) is 12.8 Å². The lowest BCUT2D eigenvalue weighted by Gasteiger charge is -2.34. The van der Waals surface area contributed by atoms with E-state index in [1.807, 2.05) is 0 Å². The molecule has 0 amide bonds. The minimum atomic E-state index is 0.257. The number of ether oxygens (including phenoxy) is 2.